The number of carbonyl (C=O) groups is 1. The maximum atomic E-state index is 11.0. The summed E-state index contributed by atoms with van der Waals surface area (Å²) in [6, 6.07) is 8.81. The molecule has 0 spiro atoms. The van der Waals surface area contributed by atoms with Crippen LogP contribution in [0.2, 0.25) is 0 Å². The van der Waals surface area contributed by atoms with Gasteiger partial charge in [-0.25, -0.2) is 0 Å². The van der Waals surface area contributed by atoms with Crippen molar-refractivity contribution in [3.05, 3.63) is 29.8 Å². The van der Waals surface area contributed by atoms with Gasteiger partial charge in [0.1, 0.15) is 5.75 Å². The van der Waals surface area contributed by atoms with Crippen LogP contribution in [0.3, 0.4) is 0 Å². The van der Waals surface area contributed by atoms with Crippen LogP contribution >= 0.6 is 0 Å². The summed E-state index contributed by atoms with van der Waals surface area (Å²) in [5.74, 6) is 0.912. The van der Waals surface area contributed by atoms with Crippen molar-refractivity contribution in [3.63, 3.8) is 0 Å². The maximum Gasteiger partial charge on any atom is 0.306 e. The molecule has 25 heavy (non-hydrogen) atoms. The number of carboxylic acids is 1. The summed E-state index contributed by atoms with van der Waals surface area (Å²) >= 11 is 0. The molecule has 2 fully saturated rings. The topological polar surface area (TPSA) is 58.6 Å². The molecule has 0 amide bonds. The van der Waals surface area contributed by atoms with Crippen molar-refractivity contribution >= 4 is 5.97 Å². The fraction of sp³-hybridized carbons (Fsp3) is 0.667. The van der Waals surface area contributed by atoms with Crippen LogP contribution < -0.4 is 10.1 Å². The zero-order valence-electron chi connectivity index (χ0n) is 15.1. The molecule has 0 atom stereocenters. The minimum Gasteiger partial charge on any atom is -0.493 e. The molecule has 0 heterocycles. The quantitative estimate of drug-likeness (QED) is 0.770. The van der Waals surface area contributed by atoms with E-state index in [2.05, 4.69) is 23.5 Å². The van der Waals surface area contributed by atoms with Crippen LogP contribution in [0.1, 0.15) is 63.4 Å². The molecule has 4 heteroatoms. The Hall–Kier alpha value is -1.55. The average Bonchev–Trinajstić information content (AvgIpc) is 2.66. The fourth-order valence-corrected chi connectivity index (χ4v) is 4.12. The van der Waals surface area contributed by atoms with Gasteiger partial charge in [-0.15, -0.1) is 0 Å². The molecule has 2 aliphatic carbocycles. The zero-order chi connectivity index (χ0) is 17.5. The van der Waals surface area contributed by atoms with Crippen LogP contribution in [0.25, 0.3) is 0 Å². The number of rotatable bonds is 7. The lowest BCUT2D eigenvalue weighted by molar-refractivity contribution is -0.142. The predicted molar refractivity (Wildman–Crippen MR) is 98.7 cm³/mol. The standard InChI is InChI=1S/C21H31NO3/c23-21(24)18-9-11-19(12-10-18)22-14-17-7-4-8-20(13-17)25-15-16-5-2-1-3-6-16/h4,7-8,13,16,18-19,22H,1-3,5-6,9-12,14-15H2,(H,23,24). The van der Waals surface area contributed by atoms with Gasteiger partial charge in [-0.3, -0.25) is 4.79 Å². The Balaban J connectivity index is 1.41. The molecule has 2 saturated carbocycles. The molecule has 2 aliphatic rings. The van der Waals surface area contributed by atoms with E-state index in [-0.39, 0.29) is 5.92 Å². The third-order valence-corrected chi connectivity index (χ3v) is 5.78. The highest BCUT2D eigenvalue weighted by atomic mass is 16.5. The first kappa shape index (κ1) is 18.2. The van der Waals surface area contributed by atoms with E-state index in [0.717, 1.165) is 50.5 Å². The number of ether oxygens (including phenoxy) is 1. The summed E-state index contributed by atoms with van der Waals surface area (Å²) in [7, 11) is 0. The Morgan fingerprint density at radius 1 is 1.08 bits per heavy atom. The van der Waals surface area contributed by atoms with E-state index in [4.69, 9.17) is 9.84 Å². The molecule has 0 bridgehead atoms. The van der Waals surface area contributed by atoms with Gasteiger partial charge in [0.05, 0.1) is 12.5 Å². The lowest BCUT2D eigenvalue weighted by Crippen LogP contribution is -2.34. The summed E-state index contributed by atoms with van der Waals surface area (Å²) < 4.78 is 6.03. The molecule has 1 aromatic rings. The van der Waals surface area contributed by atoms with Gasteiger partial charge in [-0.05, 0) is 62.1 Å². The normalized spacial score (nSPS) is 24.8. The highest BCUT2D eigenvalue weighted by molar-refractivity contribution is 5.70. The van der Waals surface area contributed by atoms with E-state index in [1.54, 1.807) is 0 Å². The second kappa shape index (κ2) is 9.23. The largest absolute Gasteiger partial charge is 0.493 e. The van der Waals surface area contributed by atoms with Crippen molar-refractivity contribution in [1.29, 1.82) is 0 Å². The summed E-state index contributed by atoms with van der Waals surface area (Å²) in [6.45, 7) is 1.67. The van der Waals surface area contributed by atoms with Crippen LogP contribution in [0.15, 0.2) is 24.3 Å². The van der Waals surface area contributed by atoms with Gasteiger partial charge < -0.3 is 15.2 Å². The molecule has 3 rings (SSSR count). The highest BCUT2D eigenvalue weighted by Crippen LogP contribution is 2.26. The first-order valence-corrected chi connectivity index (χ1v) is 9.88. The Morgan fingerprint density at radius 2 is 1.84 bits per heavy atom. The number of benzene rings is 1. The number of hydrogen-bond donors (Lipinski definition) is 2. The van der Waals surface area contributed by atoms with Crippen molar-refractivity contribution in [2.45, 2.75) is 70.4 Å². The molecule has 138 valence electrons. The first-order valence-electron chi connectivity index (χ1n) is 9.88. The van der Waals surface area contributed by atoms with Crippen LogP contribution in [-0.4, -0.2) is 23.7 Å². The zero-order valence-corrected chi connectivity index (χ0v) is 15.1. The van der Waals surface area contributed by atoms with Crippen LogP contribution in [0.4, 0.5) is 0 Å². The van der Waals surface area contributed by atoms with E-state index in [9.17, 15) is 4.79 Å². The lowest BCUT2D eigenvalue weighted by Gasteiger charge is -2.27. The van der Waals surface area contributed by atoms with Crippen LogP contribution in [0.5, 0.6) is 5.75 Å². The molecule has 1 aromatic carbocycles. The van der Waals surface area contributed by atoms with Gasteiger partial charge >= 0.3 is 5.97 Å². The Labute approximate surface area is 151 Å². The maximum absolute atomic E-state index is 11.0. The molecule has 0 radical (unpaired) electrons. The number of aliphatic carboxylic acids is 1. The van der Waals surface area contributed by atoms with Gasteiger partial charge in [-0.1, -0.05) is 31.4 Å². The monoisotopic (exact) mass is 345 g/mol. The highest BCUT2D eigenvalue weighted by Gasteiger charge is 2.25. The second-order valence-corrected chi connectivity index (χ2v) is 7.73. The molecule has 0 aromatic heterocycles. The number of hydrogen-bond acceptors (Lipinski definition) is 3. The van der Waals surface area contributed by atoms with Gasteiger partial charge in [-0.2, -0.15) is 0 Å². The third-order valence-electron chi connectivity index (χ3n) is 5.78. The van der Waals surface area contributed by atoms with Gasteiger partial charge in [0.25, 0.3) is 0 Å². The molecule has 0 saturated heterocycles. The van der Waals surface area contributed by atoms with Crippen molar-refractivity contribution in [1.82, 2.24) is 5.32 Å². The van der Waals surface area contributed by atoms with Gasteiger partial charge in [0, 0.05) is 12.6 Å². The fourth-order valence-electron chi connectivity index (χ4n) is 4.12. The van der Waals surface area contributed by atoms with E-state index in [1.807, 2.05) is 6.07 Å². The number of nitrogens with one attached hydrogen (secondary N) is 1. The molecule has 2 N–H and O–H groups in total. The SMILES string of the molecule is O=C(O)C1CCC(NCc2cccc(OCC3CCCCC3)c2)CC1. The van der Waals surface area contributed by atoms with Gasteiger partial charge in [0.15, 0.2) is 0 Å². The van der Waals surface area contributed by atoms with Gasteiger partial charge in [0.2, 0.25) is 0 Å². The third kappa shape index (κ3) is 5.74. The average molecular weight is 345 g/mol. The second-order valence-electron chi connectivity index (χ2n) is 7.73. The summed E-state index contributed by atoms with van der Waals surface area (Å²) in [5, 5.41) is 12.7. The number of carboxylic acid groups (broad SMARTS) is 1. The van der Waals surface area contributed by atoms with Crippen molar-refractivity contribution in [2.75, 3.05) is 6.61 Å². The lowest BCUT2D eigenvalue weighted by atomic mass is 9.86. The van der Waals surface area contributed by atoms with E-state index < -0.39 is 5.97 Å². The van der Waals surface area contributed by atoms with Crippen molar-refractivity contribution < 1.29 is 14.6 Å². The summed E-state index contributed by atoms with van der Waals surface area (Å²) in [6.07, 6.45) is 10.2. The molecular formula is C21H31NO3. The van der Waals surface area contributed by atoms with Crippen LogP contribution in [0, 0.1) is 11.8 Å². The summed E-state index contributed by atoms with van der Waals surface area (Å²) in [5.41, 5.74) is 1.24. The van der Waals surface area contributed by atoms with Crippen molar-refractivity contribution in [2.24, 2.45) is 11.8 Å². The minimum atomic E-state index is -0.638. The molecule has 0 unspecified atom stereocenters. The van der Waals surface area contributed by atoms with E-state index in [1.165, 1.54) is 37.7 Å². The summed E-state index contributed by atoms with van der Waals surface area (Å²) in [4.78, 5) is 11.0. The molecule has 0 aliphatic heterocycles. The molecule has 4 nitrogen and oxygen atoms in total. The van der Waals surface area contributed by atoms with Crippen molar-refractivity contribution in [3.8, 4) is 5.75 Å². The Bertz CT molecular complexity index is 546. The van der Waals surface area contributed by atoms with Crippen LogP contribution in [-0.2, 0) is 11.3 Å². The smallest absolute Gasteiger partial charge is 0.306 e. The minimum absolute atomic E-state index is 0.144. The molecular weight excluding hydrogens is 314 g/mol. The predicted octanol–water partition coefficient (Wildman–Crippen LogP) is 4.38. The Morgan fingerprint density at radius 3 is 2.56 bits per heavy atom. The van der Waals surface area contributed by atoms with E-state index in [0.29, 0.717) is 6.04 Å². The Kier molecular flexibility index (Phi) is 6.74. The first-order chi connectivity index (χ1) is 12.2. The van der Waals surface area contributed by atoms with E-state index >= 15 is 0 Å².